The van der Waals surface area contributed by atoms with Gasteiger partial charge in [0, 0.05) is 67.5 Å². The fraction of sp³-hybridized carbons (Fsp3) is 0.0152. The first-order valence-electron chi connectivity index (χ1n) is 23.9. The Hall–Kier alpha value is -9.25. The molecule has 0 saturated heterocycles. The van der Waals surface area contributed by atoms with Gasteiger partial charge in [-0.25, -0.2) is 4.98 Å². The van der Waals surface area contributed by atoms with Gasteiger partial charge in [-0.2, -0.15) is 0 Å². The predicted octanol–water partition coefficient (Wildman–Crippen LogP) is 17.2. The molecule has 0 atom stereocenters. The highest BCUT2D eigenvalue weighted by atomic mass is 15.1. The Kier molecular flexibility index (Phi) is 10.0. The second kappa shape index (κ2) is 17.1. The Labute approximate surface area is 407 Å². The molecule has 0 bridgehead atoms. The largest absolute Gasteiger partial charge is 0.337 e. The minimum absolute atomic E-state index is 0.690. The quantitative estimate of drug-likeness (QED) is 0.159. The summed E-state index contributed by atoms with van der Waals surface area (Å²) in [6, 6.07) is 84.9. The van der Waals surface area contributed by atoms with E-state index in [4.69, 9.17) is 11.6 Å². The van der Waals surface area contributed by atoms with Crippen LogP contribution in [0.3, 0.4) is 0 Å². The normalized spacial score (nSPS) is 14.0. The zero-order chi connectivity index (χ0) is 46.5. The third kappa shape index (κ3) is 7.13. The molecular formula is C66H46N4. The van der Waals surface area contributed by atoms with Gasteiger partial charge in [-0.15, -0.1) is 0 Å². The summed E-state index contributed by atoms with van der Waals surface area (Å²) in [5, 5.41) is 4.88. The van der Waals surface area contributed by atoms with Crippen LogP contribution in [0.15, 0.2) is 261 Å². The number of hydrogen-bond donors (Lipinski definition) is 0. The van der Waals surface area contributed by atoms with Crippen molar-refractivity contribution in [3.05, 3.63) is 267 Å². The second-order valence-electron chi connectivity index (χ2n) is 18.0. The number of rotatable bonds is 7. The van der Waals surface area contributed by atoms with E-state index < -0.39 is 0 Å². The summed E-state index contributed by atoms with van der Waals surface area (Å²) < 4.78 is 4.77. The summed E-state index contributed by atoms with van der Waals surface area (Å²) in [6.45, 7) is 5.50. The number of para-hydroxylation sites is 4. The molecule has 0 unspecified atom stereocenters. The summed E-state index contributed by atoms with van der Waals surface area (Å²) in [7, 11) is 0. The maximum atomic E-state index is 5.21. The van der Waals surface area contributed by atoms with Crippen molar-refractivity contribution in [3.8, 4) is 50.5 Å². The molecule has 4 heterocycles. The fourth-order valence-electron chi connectivity index (χ4n) is 10.5. The molecule has 0 N–H and O–H groups in total. The first-order valence-corrected chi connectivity index (χ1v) is 23.9. The molecule has 4 heteroatoms. The summed E-state index contributed by atoms with van der Waals surface area (Å²) in [5.74, 6) is 0. The highest BCUT2D eigenvalue weighted by Gasteiger charge is 2.21. The van der Waals surface area contributed by atoms with Gasteiger partial charge in [0.1, 0.15) is 0 Å². The van der Waals surface area contributed by atoms with Crippen LogP contribution in [0.1, 0.15) is 5.56 Å². The van der Waals surface area contributed by atoms with Crippen molar-refractivity contribution >= 4 is 66.3 Å². The van der Waals surface area contributed by atoms with Gasteiger partial charge in [0.2, 0.25) is 0 Å². The lowest BCUT2D eigenvalue weighted by molar-refractivity contribution is 1.09. The molecule has 9 aromatic carbocycles. The summed E-state index contributed by atoms with van der Waals surface area (Å²) >= 11 is 0. The van der Waals surface area contributed by atoms with Crippen LogP contribution in [0.4, 0.5) is 11.4 Å². The summed E-state index contributed by atoms with van der Waals surface area (Å²) in [5.41, 5.74) is 19.8. The minimum Gasteiger partial charge on any atom is -0.337 e. The smallest absolute Gasteiger partial charge is 0.0715 e. The average molecular weight is 895 g/mol. The van der Waals surface area contributed by atoms with Crippen molar-refractivity contribution in [1.82, 2.24) is 14.1 Å². The first-order chi connectivity index (χ1) is 34.6. The third-order valence-electron chi connectivity index (χ3n) is 13.9. The van der Waals surface area contributed by atoms with Gasteiger partial charge in [0.15, 0.2) is 0 Å². The lowest BCUT2D eigenvalue weighted by atomic mass is 9.95. The van der Waals surface area contributed by atoms with E-state index in [1.54, 1.807) is 0 Å². The van der Waals surface area contributed by atoms with E-state index in [1.165, 1.54) is 38.1 Å². The molecule has 0 amide bonds. The van der Waals surface area contributed by atoms with Crippen molar-refractivity contribution < 1.29 is 0 Å². The van der Waals surface area contributed by atoms with Crippen LogP contribution < -0.4 is 4.90 Å². The van der Waals surface area contributed by atoms with Gasteiger partial charge < -0.3 is 14.0 Å². The van der Waals surface area contributed by atoms with E-state index in [0.717, 1.165) is 84.1 Å². The van der Waals surface area contributed by atoms with Crippen molar-refractivity contribution in [1.29, 1.82) is 0 Å². The predicted molar refractivity (Wildman–Crippen MR) is 296 cm³/mol. The van der Waals surface area contributed by atoms with E-state index in [9.17, 15) is 0 Å². The van der Waals surface area contributed by atoms with Crippen LogP contribution >= 0.6 is 0 Å². The van der Waals surface area contributed by atoms with E-state index in [1.807, 2.05) is 6.07 Å². The number of anilines is 2. The Morgan fingerprint density at radius 3 is 1.53 bits per heavy atom. The molecule has 0 radical (unpaired) electrons. The van der Waals surface area contributed by atoms with Crippen molar-refractivity contribution in [2.45, 2.75) is 0 Å². The maximum Gasteiger partial charge on any atom is 0.0715 e. The average Bonchev–Trinajstić information content (AvgIpc) is 3.96. The van der Waals surface area contributed by atoms with Crippen LogP contribution in [-0.4, -0.2) is 20.7 Å². The summed E-state index contributed by atoms with van der Waals surface area (Å²) in [4.78, 5) is 7.60. The summed E-state index contributed by atoms with van der Waals surface area (Å²) in [6.07, 6.45) is 6.79. The Morgan fingerprint density at radius 1 is 0.371 bits per heavy atom. The minimum atomic E-state index is 0.690. The van der Waals surface area contributed by atoms with Gasteiger partial charge >= 0.3 is 0 Å². The molecule has 3 aromatic heterocycles. The topological polar surface area (TPSA) is 26.0 Å². The van der Waals surface area contributed by atoms with Crippen LogP contribution in [0.5, 0.6) is 0 Å². The number of fused-ring (bicyclic) bond motifs is 7. The third-order valence-corrected chi connectivity index (χ3v) is 13.9. The zero-order valence-electron chi connectivity index (χ0n) is 38.5. The first kappa shape index (κ1) is 41.0. The van der Waals surface area contributed by atoms with Crippen molar-refractivity contribution in [2.24, 2.45) is 0 Å². The Morgan fingerprint density at radius 2 is 0.871 bits per heavy atom. The lowest BCUT2D eigenvalue weighted by Gasteiger charge is -2.26. The molecule has 330 valence electrons. The standard InChI is InChI=1S/C66H46N4/c1-45-40-54(70-63-28-14-11-25-55(63)56-26-12-15-29-64(56)70)24-17-39-68(52-22-9-4-10-23-52)62-37-33-49(41-58(45)62)50-34-38-66-59(42-50)57-27-13-16-30-65(57)69(66)53-35-31-48(32-36-53)61-44-51(46-18-5-2-6-19-46)43-60(67-61)47-20-7-3-8-21-47/h2-38,40-44H,1,39H2/b24-17-,54-40+. The fourth-order valence-corrected chi connectivity index (χ4v) is 10.5. The number of hydrogen-bond acceptors (Lipinski definition) is 2. The highest BCUT2D eigenvalue weighted by molar-refractivity contribution is 6.12. The van der Waals surface area contributed by atoms with Crippen LogP contribution in [-0.2, 0) is 0 Å². The molecule has 13 rings (SSSR count). The number of pyridine rings is 1. The van der Waals surface area contributed by atoms with Gasteiger partial charge in [-0.1, -0.05) is 170 Å². The number of nitrogens with zero attached hydrogens (tertiary/aromatic N) is 4. The van der Waals surface area contributed by atoms with Gasteiger partial charge in [0.25, 0.3) is 0 Å². The van der Waals surface area contributed by atoms with E-state index in [0.29, 0.717) is 6.54 Å². The highest BCUT2D eigenvalue weighted by Crippen LogP contribution is 2.41. The molecule has 12 aromatic rings. The molecule has 0 saturated carbocycles. The van der Waals surface area contributed by atoms with Crippen molar-refractivity contribution in [2.75, 3.05) is 11.4 Å². The molecule has 0 aliphatic carbocycles. The molecule has 1 aliphatic rings. The van der Waals surface area contributed by atoms with Crippen LogP contribution in [0, 0.1) is 0 Å². The van der Waals surface area contributed by atoms with Crippen LogP contribution in [0.25, 0.3) is 105 Å². The van der Waals surface area contributed by atoms with Crippen molar-refractivity contribution in [3.63, 3.8) is 0 Å². The van der Waals surface area contributed by atoms with Crippen LogP contribution in [0.2, 0.25) is 0 Å². The number of allylic oxidation sites excluding steroid dienone is 4. The monoisotopic (exact) mass is 894 g/mol. The van der Waals surface area contributed by atoms with E-state index in [2.05, 4.69) is 263 Å². The second-order valence-corrected chi connectivity index (χ2v) is 18.0. The molecule has 0 spiro atoms. The van der Waals surface area contributed by atoms with E-state index >= 15 is 0 Å². The molecule has 1 aliphatic heterocycles. The molecule has 4 nitrogen and oxygen atoms in total. The number of aromatic nitrogens is 3. The maximum absolute atomic E-state index is 5.21. The molecular weight excluding hydrogens is 849 g/mol. The van der Waals surface area contributed by atoms with Gasteiger partial charge in [-0.3, -0.25) is 0 Å². The van der Waals surface area contributed by atoms with Gasteiger partial charge in [0.05, 0.1) is 33.5 Å². The van der Waals surface area contributed by atoms with E-state index in [-0.39, 0.29) is 0 Å². The molecule has 0 fully saturated rings. The SMILES string of the molecule is C=C1/C=C(n2c3ccccc3c3ccccc32)\C=C/CN(c2ccccc2)c2ccc(-c3ccc4c(c3)c3ccccc3n4-c3ccc(-c4cc(-c5ccccc5)cc(-c5ccccc5)n4)cc3)cc21. The van der Waals surface area contributed by atoms with Gasteiger partial charge in [-0.05, 0) is 119 Å². The Bertz CT molecular complexity index is 3910. The molecule has 70 heavy (non-hydrogen) atoms. The Balaban J connectivity index is 0.906. The zero-order valence-corrected chi connectivity index (χ0v) is 38.5. The number of benzene rings is 9. The lowest BCUT2D eigenvalue weighted by Crippen LogP contribution is -2.18.